The van der Waals surface area contributed by atoms with Gasteiger partial charge in [0.15, 0.2) is 0 Å². The molecule has 0 spiro atoms. The summed E-state index contributed by atoms with van der Waals surface area (Å²) in [5.41, 5.74) is 3.15. The summed E-state index contributed by atoms with van der Waals surface area (Å²) in [7, 11) is 1.61. The predicted octanol–water partition coefficient (Wildman–Crippen LogP) is 5.06. The molecule has 1 heterocycles. The van der Waals surface area contributed by atoms with Crippen LogP contribution in [0.3, 0.4) is 0 Å². The second-order valence-electron chi connectivity index (χ2n) is 8.54. The minimum atomic E-state index is -0.125. The Balaban J connectivity index is 1.19. The number of fused-ring (bicyclic) bond motifs is 1. The van der Waals surface area contributed by atoms with Crippen LogP contribution in [0.4, 0.5) is 11.4 Å². The van der Waals surface area contributed by atoms with Crippen LogP contribution in [-0.4, -0.2) is 50.0 Å². The van der Waals surface area contributed by atoms with Gasteiger partial charge in [-0.25, -0.2) is 0 Å². The Hall–Kier alpha value is -4.32. The Bertz CT molecular complexity index is 1340. The van der Waals surface area contributed by atoms with E-state index in [0.29, 0.717) is 24.2 Å². The van der Waals surface area contributed by atoms with Gasteiger partial charge in [-0.2, -0.15) is 0 Å². The maximum Gasteiger partial charge on any atom is 0.256 e. The van der Waals surface area contributed by atoms with Crippen LogP contribution in [0.5, 0.6) is 5.75 Å². The zero-order chi connectivity index (χ0) is 24.2. The number of nitrogens with one attached hydrogen (secondary N) is 1. The molecule has 4 aromatic carbocycles. The maximum atomic E-state index is 12.9. The van der Waals surface area contributed by atoms with Crippen molar-refractivity contribution in [2.45, 2.75) is 0 Å². The van der Waals surface area contributed by atoms with Crippen molar-refractivity contribution < 1.29 is 14.3 Å². The molecule has 176 valence electrons. The van der Waals surface area contributed by atoms with E-state index in [0.717, 1.165) is 41.0 Å². The Morgan fingerprint density at radius 3 is 2.17 bits per heavy atom. The summed E-state index contributed by atoms with van der Waals surface area (Å²) in [4.78, 5) is 29.9. The summed E-state index contributed by atoms with van der Waals surface area (Å²) >= 11 is 0. The quantitative estimate of drug-likeness (QED) is 0.447. The Labute approximate surface area is 204 Å². The van der Waals surface area contributed by atoms with Crippen LogP contribution in [0.1, 0.15) is 20.7 Å². The summed E-state index contributed by atoms with van der Waals surface area (Å²) in [5, 5.41) is 4.99. The fourth-order valence-corrected chi connectivity index (χ4v) is 4.46. The molecule has 0 aromatic heterocycles. The number of anilines is 2. The van der Waals surface area contributed by atoms with Gasteiger partial charge in [0.1, 0.15) is 5.75 Å². The molecule has 1 fully saturated rings. The van der Waals surface area contributed by atoms with Crippen LogP contribution in [-0.2, 0) is 0 Å². The molecule has 1 aliphatic heterocycles. The van der Waals surface area contributed by atoms with Crippen molar-refractivity contribution in [2.75, 3.05) is 43.5 Å². The van der Waals surface area contributed by atoms with Crippen LogP contribution < -0.4 is 15.0 Å². The number of amides is 2. The van der Waals surface area contributed by atoms with E-state index in [2.05, 4.69) is 10.2 Å². The van der Waals surface area contributed by atoms with Crippen molar-refractivity contribution in [3.8, 4) is 5.75 Å². The van der Waals surface area contributed by atoms with Gasteiger partial charge in [-0.3, -0.25) is 9.59 Å². The molecular formula is C29H27N3O3. The zero-order valence-electron chi connectivity index (χ0n) is 19.6. The lowest BCUT2D eigenvalue weighted by Gasteiger charge is -2.36. The Morgan fingerprint density at radius 2 is 1.46 bits per heavy atom. The highest BCUT2D eigenvalue weighted by Gasteiger charge is 2.22. The van der Waals surface area contributed by atoms with Crippen LogP contribution in [0.2, 0.25) is 0 Å². The average molecular weight is 466 g/mol. The van der Waals surface area contributed by atoms with Gasteiger partial charge in [-0.05, 0) is 65.4 Å². The number of piperazine rings is 1. The smallest absolute Gasteiger partial charge is 0.256 e. The molecule has 1 aliphatic rings. The van der Waals surface area contributed by atoms with E-state index < -0.39 is 0 Å². The number of hydrogen-bond acceptors (Lipinski definition) is 4. The number of benzene rings is 4. The normalized spacial score (nSPS) is 13.5. The Morgan fingerprint density at radius 1 is 0.771 bits per heavy atom. The molecule has 2 amide bonds. The molecule has 0 saturated carbocycles. The molecule has 6 nitrogen and oxygen atoms in total. The first-order valence-electron chi connectivity index (χ1n) is 11.7. The van der Waals surface area contributed by atoms with E-state index in [1.165, 1.54) is 0 Å². The fraction of sp³-hybridized carbons (Fsp3) is 0.172. The highest BCUT2D eigenvalue weighted by Crippen LogP contribution is 2.23. The number of nitrogens with zero attached hydrogens (tertiary/aromatic N) is 2. The molecule has 0 bridgehead atoms. The molecule has 6 heteroatoms. The number of hydrogen-bond donors (Lipinski definition) is 1. The first kappa shape index (κ1) is 22.5. The van der Waals surface area contributed by atoms with Crippen molar-refractivity contribution in [2.24, 2.45) is 0 Å². The SMILES string of the molecule is COc1ccc(C(=O)N2CCN(c3ccc(NC(=O)c4cccc5ccccc45)cc3)CC2)cc1. The first-order valence-corrected chi connectivity index (χ1v) is 11.7. The van der Waals surface area contributed by atoms with Gasteiger partial charge < -0.3 is 19.9 Å². The topological polar surface area (TPSA) is 61.9 Å². The third-order valence-electron chi connectivity index (χ3n) is 6.43. The summed E-state index contributed by atoms with van der Waals surface area (Å²) < 4.78 is 5.17. The summed E-state index contributed by atoms with van der Waals surface area (Å²) in [5.74, 6) is 0.655. The summed E-state index contributed by atoms with van der Waals surface area (Å²) in [6.07, 6.45) is 0. The van der Waals surface area contributed by atoms with E-state index in [4.69, 9.17) is 4.74 Å². The van der Waals surface area contributed by atoms with Crippen molar-refractivity contribution in [3.63, 3.8) is 0 Å². The number of rotatable bonds is 5. The average Bonchev–Trinajstić information content (AvgIpc) is 2.93. The lowest BCUT2D eigenvalue weighted by Crippen LogP contribution is -2.48. The van der Waals surface area contributed by atoms with Gasteiger partial charge in [0.25, 0.3) is 11.8 Å². The van der Waals surface area contributed by atoms with Crippen LogP contribution >= 0.6 is 0 Å². The molecular weight excluding hydrogens is 438 g/mol. The van der Waals surface area contributed by atoms with Crippen molar-refractivity contribution >= 4 is 34.0 Å². The third-order valence-corrected chi connectivity index (χ3v) is 6.43. The van der Waals surface area contributed by atoms with Crippen molar-refractivity contribution in [3.05, 3.63) is 102 Å². The summed E-state index contributed by atoms with van der Waals surface area (Å²) in [6, 6.07) is 28.7. The number of methoxy groups -OCH3 is 1. The standard InChI is InChI=1S/C29H27N3O3/c1-35-25-15-9-22(10-16-25)29(34)32-19-17-31(18-20-32)24-13-11-23(12-14-24)30-28(33)27-8-4-6-21-5-2-3-7-26(21)27/h2-16H,17-20H2,1H3,(H,30,33). The molecule has 0 radical (unpaired) electrons. The van der Waals surface area contributed by atoms with Gasteiger partial charge in [-0.1, -0.05) is 36.4 Å². The zero-order valence-corrected chi connectivity index (χ0v) is 19.6. The van der Waals surface area contributed by atoms with E-state index in [1.807, 2.05) is 83.8 Å². The second-order valence-corrected chi connectivity index (χ2v) is 8.54. The van der Waals surface area contributed by atoms with E-state index in [1.54, 1.807) is 19.2 Å². The van der Waals surface area contributed by atoms with E-state index in [9.17, 15) is 9.59 Å². The van der Waals surface area contributed by atoms with Gasteiger partial charge in [0.05, 0.1) is 7.11 Å². The monoisotopic (exact) mass is 465 g/mol. The minimum absolute atomic E-state index is 0.0406. The Kier molecular flexibility index (Phi) is 6.35. The van der Waals surface area contributed by atoms with Crippen LogP contribution in [0.25, 0.3) is 10.8 Å². The highest BCUT2D eigenvalue weighted by molar-refractivity contribution is 6.12. The number of carbonyl (C=O) groups excluding carboxylic acids is 2. The minimum Gasteiger partial charge on any atom is -0.497 e. The first-order chi connectivity index (χ1) is 17.1. The maximum absolute atomic E-state index is 12.9. The predicted molar refractivity (Wildman–Crippen MR) is 139 cm³/mol. The summed E-state index contributed by atoms with van der Waals surface area (Å²) in [6.45, 7) is 2.82. The van der Waals surface area contributed by atoms with Gasteiger partial charge in [0, 0.05) is 48.7 Å². The third kappa shape index (κ3) is 4.82. The largest absolute Gasteiger partial charge is 0.497 e. The van der Waals surface area contributed by atoms with E-state index >= 15 is 0 Å². The van der Waals surface area contributed by atoms with Gasteiger partial charge in [0.2, 0.25) is 0 Å². The molecule has 4 aromatic rings. The van der Waals surface area contributed by atoms with E-state index in [-0.39, 0.29) is 11.8 Å². The van der Waals surface area contributed by atoms with Gasteiger partial charge in [-0.15, -0.1) is 0 Å². The van der Waals surface area contributed by atoms with Crippen molar-refractivity contribution in [1.29, 1.82) is 0 Å². The number of ether oxygens (including phenoxy) is 1. The lowest BCUT2D eigenvalue weighted by atomic mass is 10.0. The fourth-order valence-electron chi connectivity index (χ4n) is 4.46. The molecule has 0 aliphatic carbocycles. The van der Waals surface area contributed by atoms with Crippen molar-refractivity contribution in [1.82, 2.24) is 4.90 Å². The molecule has 1 saturated heterocycles. The number of carbonyl (C=O) groups is 2. The second kappa shape index (κ2) is 9.89. The van der Waals surface area contributed by atoms with Crippen LogP contribution in [0, 0.1) is 0 Å². The molecule has 0 unspecified atom stereocenters. The highest BCUT2D eigenvalue weighted by atomic mass is 16.5. The van der Waals surface area contributed by atoms with Gasteiger partial charge >= 0.3 is 0 Å². The van der Waals surface area contributed by atoms with Crippen LogP contribution in [0.15, 0.2) is 91.0 Å². The molecule has 0 atom stereocenters. The molecule has 5 rings (SSSR count). The molecule has 1 N–H and O–H groups in total. The molecule has 35 heavy (non-hydrogen) atoms. The lowest BCUT2D eigenvalue weighted by molar-refractivity contribution is 0.0746.